The van der Waals surface area contributed by atoms with Gasteiger partial charge in [0.15, 0.2) is 0 Å². The molecule has 2 heterocycles. The topological polar surface area (TPSA) is 88.6 Å². The van der Waals surface area contributed by atoms with Crippen LogP contribution in [0.1, 0.15) is 25.3 Å². The number of unbranched alkanes of at least 4 members (excludes halogenated alkanes) is 1. The number of pyridine rings is 1. The highest BCUT2D eigenvalue weighted by molar-refractivity contribution is 7.17. The first-order valence-corrected chi connectivity index (χ1v) is 8.78. The van der Waals surface area contributed by atoms with Gasteiger partial charge in [-0.1, -0.05) is 13.3 Å². The number of nitrogens with one attached hydrogen (secondary N) is 1. The fraction of sp³-hybridized carbons (Fsp3) is 0.222. The highest BCUT2D eigenvalue weighted by atomic mass is 32.1. The van der Waals surface area contributed by atoms with E-state index in [-0.39, 0.29) is 11.2 Å². The first kappa shape index (κ1) is 17.0. The first-order valence-electron chi connectivity index (χ1n) is 7.90. The minimum atomic E-state index is -0.478. The van der Waals surface area contributed by atoms with Crippen LogP contribution in [0, 0.1) is 4.91 Å². The van der Waals surface area contributed by atoms with Gasteiger partial charge in [0.1, 0.15) is 10.4 Å². The fourth-order valence-corrected chi connectivity index (χ4v) is 3.42. The van der Waals surface area contributed by atoms with Gasteiger partial charge in [0, 0.05) is 27.9 Å². The van der Waals surface area contributed by atoms with Gasteiger partial charge in [-0.05, 0) is 41.3 Å². The Morgan fingerprint density at radius 1 is 1.36 bits per heavy atom. The van der Waals surface area contributed by atoms with Crippen molar-refractivity contribution in [2.75, 3.05) is 6.61 Å². The summed E-state index contributed by atoms with van der Waals surface area (Å²) in [5, 5.41) is 6.27. The van der Waals surface area contributed by atoms with Crippen LogP contribution in [0.25, 0.3) is 27.1 Å². The molecule has 6 nitrogen and oxygen atoms in total. The number of carbonyl (C=O) groups excluding carboxylic acids is 1. The Hall–Kier alpha value is -2.80. The van der Waals surface area contributed by atoms with Crippen LogP contribution in [0.3, 0.4) is 0 Å². The second-order valence-electron chi connectivity index (χ2n) is 5.48. The van der Waals surface area contributed by atoms with E-state index in [2.05, 4.69) is 10.2 Å². The summed E-state index contributed by atoms with van der Waals surface area (Å²) in [7, 11) is 0. The number of aromatic nitrogens is 1. The fourth-order valence-electron chi connectivity index (χ4n) is 2.63. The molecule has 0 aliphatic carbocycles. The number of esters is 1. The van der Waals surface area contributed by atoms with E-state index in [1.165, 1.54) is 29.6 Å². The average molecular weight is 356 g/mol. The number of nitroso groups, excluding NO2 is 1. The molecule has 0 fully saturated rings. The van der Waals surface area contributed by atoms with Crippen molar-refractivity contribution in [3.8, 4) is 0 Å². The van der Waals surface area contributed by atoms with Crippen molar-refractivity contribution in [3.05, 3.63) is 50.5 Å². The number of aromatic amines is 1. The molecule has 3 rings (SSSR count). The highest BCUT2D eigenvalue weighted by Crippen LogP contribution is 2.34. The van der Waals surface area contributed by atoms with Crippen LogP contribution in [0.2, 0.25) is 0 Å². The number of thiophene rings is 1. The van der Waals surface area contributed by atoms with Crippen molar-refractivity contribution in [1.82, 2.24) is 4.98 Å². The van der Waals surface area contributed by atoms with Crippen molar-refractivity contribution >= 4 is 50.1 Å². The van der Waals surface area contributed by atoms with Crippen LogP contribution in [0.15, 0.2) is 39.6 Å². The standard InChI is InChI=1S/C18H16N2O4S/c1-2-3-9-24-15(21)7-4-11-13(20-23)5-6-14-16(11)12-8-10-25-17(12)18(22)19-14/h4-8,10H,2-3,9H2,1H3,(H,19,22). The lowest BCUT2D eigenvalue weighted by molar-refractivity contribution is -0.137. The molecule has 0 atom stereocenters. The van der Waals surface area contributed by atoms with Crippen molar-refractivity contribution in [3.63, 3.8) is 0 Å². The number of carbonyl (C=O) groups is 1. The Kier molecular flexibility index (Phi) is 5.04. The van der Waals surface area contributed by atoms with Crippen LogP contribution in [0.5, 0.6) is 0 Å². The second kappa shape index (κ2) is 7.40. The van der Waals surface area contributed by atoms with Crippen molar-refractivity contribution in [2.45, 2.75) is 19.8 Å². The molecule has 0 saturated carbocycles. The lowest BCUT2D eigenvalue weighted by Gasteiger charge is -2.06. The summed E-state index contributed by atoms with van der Waals surface area (Å²) in [6.07, 6.45) is 4.53. The summed E-state index contributed by atoms with van der Waals surface area (Å²) in [5.41, 5.74) is 1.09. The van der Waals surface area contributed by atoms with E-state index >= 15 is 0 Å². The molecule has 128 valence electrons. The van der Waals surface area contributed by atoms with Crippen LogP contribution >= 0.6 is 11.3 Å². The molecule has 0 amide bonds. The molecule has 25 heavy (non-hydrogen) atoms. The summed E-state index contributed by atoms with van der Waals surface area (Å²) >= 11 is 1.32. The minimum Gasteiger partial charge on any atom is -0.463 e. The smallest absolute Gasteiger partial charge is 0.330 e. The molecule has 1 aromatic carbocycles. The third kappa shape index (κ3) is 3.36. The van der Waals surface area contributed by atoms with E-state index in [0.717, 1.165) is 18.2 Å². The molecule has 0 spiro atoms. The highest BCUT2D eigenvalue weighted by Gasteiger charge is 2.13. The molecule has 0 aliphatic rings. The zero-order valence-corrected chi connectivity index (χ0v) is 14.4. The number of benzene rings is 1. The normalized spacial score (nSPS) is 11.4. The zero-order chi connectivity index (χ0) is 17.8. The Bertz CT molecular complexity index is 1030. The molecular weight excluding hydrogens is 340 g/mol. The largest absolute Gasteiger partial charge is 0.463 e. The quantitative estimate of drug-likeness (QED) is 0.305. The Balaban J connectivity index is 2.12. The number of H-pyrrole nitrogens is 1. The van der Waals surface area contributed by atoms with E-state index in [4.69, 9.17) is 4.74 Å². The number of hydrogen-bond donors (Lipinski definition) is 1. The van der Waals surface area contributed by atoms with Gasteiger partial charge >= 0.3 is 5.97 Å². The number of rotatable bonds is 6. The maximum Gasteiger partial charge on any atom is 0.330 e. The van der Waals surface area contributed by atoms with Crippen LogP contribution in [-0.2, 0) is 9.53 Å². The SMILES string of the molecule is CCCCOC(=O)C=Cc1c(N=O)ccc2[nH]c(=O)c3sccc3c12. The predicted molar refractivity (Wildman–Crippen MR) is 100 cm³/mol. The van der Waals surface area contributed by atoms with Crippen LogP contribution < -0.4 is 5.56 Å². The first-order chi connectivity index (χ1) is 12.2. The minimum absolute atomic E-state index is 0.182. The lowest BCUT2D eigenvalue weighted by Crippen LogP contribution is -2.05. The Morgan fingerprint density at radius 2 is 2.20 bits per heavy atom. The van der Waals surface area contributed by atoms with Gasteiger partial charge < -0.3 is 9.72 Å². The van der Waals surface area contributed by atoms with Crippen molar-refractivity contribution in [2.24, 2.45) is 5.18 Å². The van der Waals surface area contributed by atoms with Gasteiger partial charge in [-0.2, -0.15) is 0 Å². The molecule has 0 radical (unpaired) electrons. The van der Waals surface area contributed by atoms with Gasteiger partial charge in [-0.3, -0.25) is 4.79 Å². The molecule has 0 unspecified atom stereocenters. The van der Waals surface area contributed by atoms with Crippen molar-refractivity contribution in [1.29, 1.82) is 0 Å². The molecule has 3 aromatic rings. The van der Waals surface area contributed by atoms with E-state index in [9.17, 15) is 14.5 Å². The molecular formula is C18H16N2O4S. The van der Waals surface area contributed by atoms with E-state index in [1.54, 1.807) is 6.07 Å². The summed E-state index contributed by atoms with van der Waals surface area (Å²) in [5.74, 6) is -0.478. The third-order valence-corrected chi connectivity index (χ3v) is 4.75. The predicted octanol–water partition coefficient (Wildman–Crippen LogP) is 4.50. The molecule has 7 heteroatoms. The molecule has 2 aromatic heterocycles. The van der Waals surface area contributed by atoms with Gasteiger partial charge in [-0.25, -0.2) is 4.79 Å². The average Bonchev–Trinajstić information content (AvgIpc) is 3.10. The molecule has 0 bridgehead atoms. The maximum absolute atomic E-state index is 12.1. The van der Waals surface area contributed by atoms with Crippen LogP contribution in [0.4, 0.5) is 5.69 Å². The monoisotopic (exact) mass is 356 g/mol. The second-order valence-corrected chi connectivity index (χ2v) is 6.40. The summed E-state index contributed by atoms with van der Waals surface area (Å²) in [6, 6.07) is 4.98. The number of nitrogens with zero attached hydrogens (tertiary/aromatic N) is 1. The van der Waals surface area contributed by atoms with Gasteiger partial charge in [0.05, 0.1) is 6.61 Å². The lowest BCUT2D eigenvalue weighted by atomic mass is 10.0. The van der Waals surface area contributed by atoms with Gasteiger partial charge in [0.25, 0.3) is 5.56 Å². The van der Waals surface area contributed by atoms with E-state index in [0.29, 0.717) is 27.8 Å². The summed E-state index contributed by atoms with van der Waals surface area (Å²) in [4.78, 5) is 37.9. The number of fused-ring (bicyclic) bond motifs is 3. The summed E-state index contributed by atoms with van der Waals surface area (Å²) in [6.45, 7) is 2.37. The van der Waals surface area contributed by atoms with Crippen molar-refractivity contribution < 1.29 is 9.53 Å². The molecule has 0 saturated heterocycles. The van der Waals surface area contributed by atoms with E-state index < -0.39 is 5.97 Å². The van der Waals surface area contributed by atoms with Crippen LogP contribution in [-0.4, -0.2) is 17.6 Å². The Labute approximate surface area is 147 Å². The van der Waals surface area contributed by atoms with E-state index in [1.807, 2.05) is 18.4 Å². The number of hydrogen-bond acceptors (Lipinski definition) is 6. The zero-order valence-electron chi connectivity index (χ0n) is 13.6. The van der Waals surface area contributed by atoms with Gasteiger partial charge in [0.2, 0.25) is 0 Å². The summed E-state index contributed by atoms with van der Waals surface area (Å²) < 4.78 is 5.66. The Morgan fingerprint density at radius 3 is 2.96 bits per heavy atom. The molecule has 0 aliphatic heterocycles. The van der Waals surface area contributed by atoms with Gasteiger partial charge in [-0.15, -0.1) is 16.2 Å². The maximum atomic E-state index is 12.1. The third-order valence-electron chi connectivity index (χ3n) is 3.84. The molecule has 1 N–H and O–H groups in total. The number of ether oxygens (including phenoxy) is 1.